The van der Waals surface area contributed by atoms with Gasteiger partial charge in [-0.1, -0.05) is 5.16 Å². The summed E-state index contributed by atoms with van der Waals surface area (Å²) in [6.45, 7) is 1.78. The highest BCUT2D eigenvalue weighted by Gasteiger charge is 2.20. The Balaban J connectivity index is 2.41. The van der Waals surface area contributed by atoms with E-state index in [0.717, 1.165) is 0 Å². The topological polar surface area (TPSA) is 142 Å². The van der Waals surface area contributed by atoms with E-state index in [1.807, 2.05) is 0 Å². The van der Waals surface area contributed by atoms with Crippen molar-refractivity contribution in [3.8, 4) is 0 Å². The van der Waals surface area contributed by atoms with Gasteiger partial charge < -0.3 is 25.4 Å². The summed E-state index contributed by atoms with van der Waals surface area (Å²) in [5.74, 6) is -2.00. The van der Waals surface area contributed by atoms with E-state index in [4.69, 9.17) is 14.7 Å². The Morgan fingerprint density at radius 1 is 1.40 bits per heavy atom. The van der Waals surface area contributed by atoms with Crippen LogP contribution in [0.25, 0.3) is 0 Å². The van der Waals surface area contributed by atoms with Crippen molar-refractivity contribution in [3.05, 3.63) is 17.5 Å². The largest absolute Gasteiger partial charge is 0.481 e. The van der Waals surface area contributed by atoms with E-state index in [0.29, 0.717) is 11.5 Å². The van der Waals surface area contributed by atoms with Crippen molar-refractivity contribution < 1.29 is 29.1 Å². The highest BCUT2D eigenvalue weighted by molar-refractivity contribution is 5.82. The summed E-state index contributed by atoms with van der Waals surface area (Å²) >= 11 is 0. The van der Waals surface area contributed by atoms with Gasteiger partial charge in [-0.25, -0.2) is 9.59 Å². The van der Waals surface area contributed by atoms with Gasteiger partial charge in [0.05, 0.1) is 12.2 Å². The molecule has 20 heavy (non-hydrogen) atoms. The first kappa shape index (κ1) is 15.5. The van der Waals surface area contributed by atoms with Crippen LogP contribution >= 0.6 is 0 Å². The Bertz CT molecular complexity index is 498. The fraction of sp³-hybridized carbons (Fsp3) is 0.455. The van der Waals surface area contributed by atoms with Crippen molar-refractivity contribution in [2.24, 2.45) is 0 Å². The average molecular weight is 285 g/mol. The minimum Gasteiger partial charge on any atom is -0.481 e. The molecule has 1 unspecified atom stereocenters. The molecular formula is C11H15N3O6. The highest BCUT2D eigenvalue weighted by Crippen LogP contribution is 2.01. The van der Waals surface area contributed by atoms with E-state index in [1.54, 1.807) is 13.0 Å². The number of aliphatic carboxylic acids is 2. The number of aromatic nitrogens is 1. The molecule has 0 saturated heterocycles. The minimum atomic E-state index is -1.29. The normalized spacial score (nSPS) is 11.7. The molecule has 4 N–H and O–H groups in total. The van der Waals surface area contributed by atoms with Crippen molar-refractivity contribution in [1.29, 1.82) is 0 Å². The Labute approximate surface area is 113 Å². The predicted molar refractivity (Wildman–Crippen MR) is 64.9 cm³/mol. The summed E-state index contributed by atoms with van der Waals surface area (Å²) in [4.78, 5) is 32.7. The number of amides is 2. The second-order valence-corrected chi connectivity index (χ2v) is 4.08. The van der Waals surface area contributed by atoms with Crippen LogP contribution in [0.4, 0.5) is 4.79 Å². The maximum Gasteiger partial charge on any atom is 0.326 e. The van der Waals surface area contributed by atoms with Gasteiger partial charge in [0.25, 0.3) is 0 Å². The third kappa shape index (κ3) is 5.38. The average Bonchev–Trinajstić information content (AvgIpc) is 2.77. The molecule has 0 fully saturated rings. The second kappa shape index (κ2) is 7.12. The van der Waals surface area contributed by atoms with E-state index < -0.39 is 24.0 Å². The lowest BCUT2D eigenvalue weighted by molar-refractivity contribution is -0.140. The van der Waals surface area contributed by atoms with Crippen LogP contribution in [0.2, 0.25) is 0 Å². The number of hydrogen-bond acceptors (Lipinski definition) is 5. The van der Waals surface area contributed by atoms with Crippen LogP contribution in [0, 0.1) is 6.92 Å². The molecule has 1 atom stereocenters. The summed E-state index contributed by atoms with van der Waals surface area (Å²) in [6.07, 6.45) is -0.544. The van der Waals surface area contributed by atoms with Crippen LogP contribution in [0.3, 0.4) is 0 Å². The molecule has 2 amide bonds. The second-order valence-electron chi connectivity index (χ2n) is 4.08. The lowest BCUT2D eigenvalue weighted by Crippen LogP contribution is -2.45. The molecule has 9 heteroatoms. The summed E-state index contributed by atoms with van der Waals surface area (Å²) in [5.41, 5.74) is 0.659. The van der Waals surface area contributed by atoms with Crippen LogP contribution in [-0.4, -0.2) is 39.4 Å². The molecule has 0 saturated carbocycles. The van der Waals surface area contributed by atoms with E-state index in [1.165, 1.54) is 0 Å². The van der Waals surface area contributed by atoms with Crippen molar-refractivity contribution in [2.75, 3.05) is 0 Å². The number of urea groups is 1. The summed E-state index contributed by atoms with van der Waals surface area (Å²) in [6, 6.07) is -0.362. The minimum absolute atomic E-state index is 0.0535. The zero-order valence-corrected chi connectivity index (χ0v) is 10.8. The van der Waals surface area contributed by atoms with Crippen molar-refractivity contribution in [3.63, 3.8) is 0 Å². The van der Waals surface area contributed by atoms with Crippen LogP contribution in [0.15, 0.2) is 10.6 Å². The highest BCUT2D eigenvalue weighted by atomic mass is 16.5. The van der Waals surface area contributed by atoms with Gasteiger partial charge >= 0.3 is 18.0 Å². The quantitative estimate of drug-likeness (QED) is 0.556. The fourth-order valence-electron chi connectivity index (χ4n) is 1.40. The number of carboxylic acid groups (broad SMARTS) is 2. The number of nitrogens with one attached hydrogen (secondary N) is 2. The number of rotatable bonds is 7. The number of carboxylic acids is 2. The van der Waals surface area contributed by atoms with Gasteiger partial charge in [-0.15, -0.1) is 0 Å². The maximum atomic E-state index is 11.5. The first-order chi connectivity index (χ1) is 9.38. The third-order valence-corrected chi connectivity index (χ3v) is 2.35. The fourth-order valence-corrected chi connectivity index (χ4v) is 1.40. The van der Waals surface area contributed by atoms with Crippen LogP contribution in [-0.2, 0) is 16.1 Å². The Hall–Kier alpha value is -2.58. The molecule has 0 radical (unpaired) electrons. The zero-order chi connectivity index (χ0) is 15.1. The number of hydrogen-bond donors (Lipinski definition) is 4. The van der Waals surface area contributed by atoms with Gasteiger partial charge in [0, 0.05) is 12.5 Å². The molecule has 0 spiro atoms. The van der Waals surface area contributed by atoms with Crippen molar-refractivity contribution in [2.45, 2.75) is 32.4 Å². The van der Waals surface area contributed by atoms with Gasteiger partial charge in [-0.3, -0.25) is 4.79 Å². The third-order valence-electron chi connectivity index (χ3n) is 2.35. The molecule has 0 aliphatic rings. The molecule has 1 aromatic heterocycles. The lowest BCUT2D eigenvalue weighted by atomic mass is 10.1. The molecular weight excluding hydrogens is 270 g/mol. The van der Waals surface area contributed by atoms with Gasteiger partial charge in [0.1, 0.15) is 6.04 Å². The smallest absolute Gasteiger partial charge is 0.326 e. The van der Waals surface area contributed by atoms with Crippen LogP contribution < -0.4 is 10.6 Å². The standard InChI is InChI=1S/C11H15N3O6/c1-6-4-7(20-14-6)5-12-11(19)13-8(10(17)18)2-3-9(15)16/h4,8H,2-3,5H2,1H3,(H,15,16)(H,17,18)(H2,12,13,19). The first-order valence-corrected chi connectivity index (χ1v) is 5.79. The van der Waals surface area contributed by atoms with Gasteiger partial charge in [0.2, 0.25) is 0 Å². The van der Waals surface area contributed by atoms with Crippen molar-refractivity contribution >= 4 is 18.0 Å². The van der Waals surface area contributed by atoms with E-state index in [-0.39, 0.29) is 19.4 Å². The van der Waals surface area contributed by atoms with Crippen LogP contribution in [0.1, 0.15) is 24.3 Å². The van der Waals surface area contributed by atoms with E-state index in [2.05, 4.69) is 15.8 Å². The summed E-state index contributed by atoms with van der Waals surface area (Å²) in [7, 11) is 0. The molecule has 110 valence electrons. The Morgan fingerprint density at radius 2 is 2.10 bits per heavy atom. The molecule has 1 heterocycles. The number of aryl methyl sites for hydroxylation is 1. The summed E-state index contributed by atoms with van der Waals surface area (Å²) in [5, 5.41) is 25.5. The SMILES string of the molecule is Cc1cc(CNC(=O)NC(CCC(=O)O)C(=O)O)on1. The maximum absolute atomic E-state index is 11.5. The number of carbonyl (C=O) groups is 3. The molecule has 9 nitrogen and oxygen atoms in total. The monoisotopic (exact) mass is 285 g/mol. The first-order valence-electron chi connectivity index (χ1n) is 5.79. The van der Waals surface area contributed by atoms with E-state index in [9.17, 15) is 14.4 Å². The zero-order valence-electron chi connectivity index (χ0n) is 10.8. The molecule has 1 rings (SSSR count). The Morgan fingerprint density at radius 3 is 2.60 bits per heavy atom. The van der Waals surface area contributed by atoms with Gasteiger partial charge in [-0.05, 0) is 13.3 Å². The molecule has 0 bridgehead atoms. The molecule has 0 aliphatic heterocycles. The van der Waals surface area contributed by atoms with Crippen LogP contribution in [0.5, 0.6) is 0 Å². The van der Waals surface area contributed by atoms with Crippen molar-refractivity contribution in [1.82, 2.24) is 15.8 Å². The number of carbonyl (C=O) groups excluding carboxylic acids is 1. The molecule has 0 aliphatic carbocycles. The molecule has 0 aromatic carbocycles. The lowest BCUT2D eigenvalue weighted by Gasteiger charge is -2.13. The van der Waals surface area contributed by atoms with Gasteiger partial charge in [-0.2, -0.15) is 0 Å². The predicted octanol–water partition coefficient (Wildman–Crippen LogP) is 0.100. The summed E-state index contributed by atoms with van der Waals surface area (Å²) < 4.78 is 4.86. The molecule has 1 aromatic rings. The van der Waals surface area contributed by atoms with E-state index >= 15 is 0 Å². The van der Waals surface area contributed by atoms with Gasteiger partial charge in [0.15, 0.2) is 5.76 Å². The number of nitrogens with zero attached hydrogens (tertiary/aromatic N) is 1. The Kier molecular flexibility index (Phi) is 5.51.